The van der Waals surface area contributed by atoms with E-state index in [1.807, 2.05) is 30.3 Å². The van der Waals surface area contributed by atoms with Crippen molar-refractivity contribution in [2.24, 2.45) is 0 Å². The van der Waals surface area contributed by atoms with Gasteiger partial charge in [-0.1, -0.05) is 46.3 Å². The van der Waals surface area contributed by atoms with Crippen LogP contribution in [0.1, 0.15) is 11.7 Å². The van der Waals surface area contributed by atoms with Crippen LogP contribution in [0.2, 0.25) is 0 Å². The van der Waals surface area contributed by atoms with Gasteiger partial charge in [0.15, 0.2) is 0 Å². The molecular formula is C19H19BrN2O7S. The molecular weight excluding hydrogens is 480 g/mol. The minimum absolute atomic E-state index is 0.0708. The van der Waals surface area contributed by atoms with Crippen LogP contribution in [0.25, 0.3) is 0 Å². The van der Waals surface area contributed by atoms with Crippen LogP contribution in [0.5, 0.6) is 0 Å². The molecule has 3 atom stereocenters. The zero-order valence-corrected chi connectivity index (χ0v) is 18.3. The SMILES string of the molecule is COC(=O)[C@@H]1CO[C@@H](c2ccccc2)[C@H](Br)CN1S(=O)(=O)c1ccc([N+](=O)[O-])cc1. The predicted octanol–water partition coefficient (Wildman–Crippen LogP) is 2.66. The lowest BCUT2D eigenvalue weighted by Gasteiger charge is -2.27. The number of hydrogen-bond acceptors (Lipinski definition) is 7. The molecule has 0 saturated carbocycles. The summed E-state index contributed by atoms with van der Waals surface area (Å²) in [4.78, 5) is 22.0. The third kappa shape index (κ3) is 4.53. The first kappa shape index (κ1) is 22.3. The van der Waals surface area contributed by atoms with Gasteiger partial charge in [-0.2, -0.15) is 4.31 Å². The Morgan fingerprint density at radius 2 is 1.83 bits per heavy atom. The summed E-state index contributed by atoms with van der Waals surface area (Å²) in [7, 11) is -3.00. The third-order valence-electron chi connectivity index (χ3n) is 4.72. The van der Waals surface area contributed by atoms with Gasteiger partial charge in [0, 0.05) is 18.7 Å². The average Bonchev–Trinajstić information content (AvgIpc) is 2.93. The van der Waals surface area contributed by atoms with Crippen molar-refractivity contribution >= 4 is 37.6 Å². The molecule has 0 radical (unpaired) electrons. The number of ether oxygens (including phenoxy) is 2. The summed E-state index contributed by atoms with van der Waals surface area (Å²) in [5.74, 6) is -0.756. The number of benzene rings is 2. The fourth-order valence-corrected chi connectivity index (χ4v) is 5.74. The van der Waals surface area contributed by atoms with Gasteiger partial charge in [0.2, 0.25) is 10.0 Å². The second-order valence-electron chi connectivity index (χ2n) is 6.55. The molecule has 0 aliphatic carbocycles. The highest BCUT2D eigenvalue weighted by atomic mass is 79.9. The summed E-state index contributed by atoms with van der Waals surface area (Å²) < 4.78 is 38.4. The number of sulfonamides is 1. The molecule has 1 heterocycles. The number of rotatable bonds is 5. The van der Waals surface area contributed by atoms with Gasteiger partial charge in [-0.05, 0) is 17.7 Å². The van der Waals surface area contributed by atoms with E-state index in [1.54, 1.807) is 0 Å². The lowest BCUT2D eigenvalue weighted by Crippen LogP contribution is -2.48. The number of esters is 1. The molecule has 1 aliphatic heterocycles. The summed E-state index contributed by atoms with van der Waals surface area (Å²) in [6, 6.07) is 12.5. The van der Waals surface area contributed by atoms with E-state index >= 15 is 0 Å². The summed E-state index contributed by atoms with van der Waals surface area (Å²) in [5, 5.41) is 10.9. The lowest BCUT2D eigenvalue weighted by atomic mass is 10.1. The summed E-state index contributed by atoms with van der Waals surface area (Å²) in [5.41, 5.74) is 0.595. The van der Waals surface area contributed by atoms with Gasteiger partial charge in [-0.25, -0.2) is 8.42 Å². The van der Waals surface area contributed by atoms with Crippen molar-refractivity contribution in [3.8, 4) is 0 Å². The van der Waals surface area contributed by atoms with Crippen molar-refractivity contribution < 1.29 is 27.6 Å². The minimum Gasteiger partial charge on any atom is -0.468 e. The number of nitro groups is 1. The monoisotopic (exact) mass is 498 g/mol. The first-order valence-corrected chi connectivity index (χ1v) is 11.3. The highest BCUT2D eigenvalue weighted by molar-refractivity contribution is 9.09. The molecule has 9 nitrogen and oxygen atoms in total. The Morgan fingerprint density at radius 1 is 1.20 bits per heavy atom. The van der Waals surface area contributed by atoms with Gasteiger partial charge in [0.1, 0.15) is 6.04 Å². The quantitative estimate of drug-likeness (QED) is 0.269. The first-order chi connectivity index (χ1) is 14.3. The molecule has 0 amide bonds. The van der Waals surface area contributed by atoms with Gasteiger partial charge in [0.05, 0.1) is 34.5 Å². The molecule has 2 aromatic rings. The molecule has 0 spiro atoms. The van der Waals surface area contributed by atoms with Gasteiger partial charge in [-0.3, -0.25) is 14.9 Å². The van der Waals surface area contributed by atoms with Crippen LogP contribution < -0.4 is 0 Å². The molecule has 0 N–H and O–H groups in total. The molecule has 2 aromatic carbocycles. The van der Waals surface area contributed by atoms with E-state index in [9.17, 15) is 23.3 Å². The van der Waals surface area contributed by atoms with Crippen molar-refractivity contribution in [2.75, 3.05) is 20.3 Å². The third-order valence-corrected chi connectivity index (χ3v) is 7.38. The zero-order chi connectivity index (χ0) is 21.9. The van der Waals surface area contributed by atoms with E-state index in [4.69, 9.17) is 9.47 Å². The first-order valence-electron chi connectivity index (χ1n) is 8.90. The molecule has 0 aromatic heterocycles. The number of alkyl halides is 1. The Kier molecular flexibility index (Phi) is 6.86. The number of halogens is 1. The van der Waals surface area contributed by atoms with E-state index in [1.165, 1.54) is 7.11 Å². The second-order valence-corrected chi connectivity index (χ2v) is 9.61. The van der Waals surface area contributed by atoms with Crippen molar-refractivity contribution in [1.29, 1.82) is 0 Å². The molecule has 11 heteroatoms. The smallest absolute Gasteiger partial charge is 0.326 e. The van der Waals surface area contributed by atoms with E-state index < -0.39 is 37.9 Å². The maximum atomic E-state index is 13.3. The highest BCUT2D eigenvalue weighted by Gasteiger charge is 2.43. The number of non-ortho nitro benzene ring substituents is 1. The molecule has 30 heavy (non-hydrogen) atoms. The molecule has 160 valence electrons. The standard InChI is InChI=1S/C19H19BrN2O7S/c1-28-19(23)17-12-29-18(13-5-3-2-4-6-13)16(20)11-21(17)30(26,27)15-9-7-14(8-10-15)22(24)25/h2-10,16-18H,11-12H2,1H3/t16-,17+,18+/m1/s1. The second kappa shape index (κ2) is 9.21. The fourth-order valence-electron chi connectivity index (χ4n) is 3.19. The van der Waals surface area contributed by atoms with Crippen LogP contribution in [0.3, 0.4) is 0 Å². The average molecular weight is 499 g/mol. The van der Waals surface area contributed by atoms with Crippen LogP contribution in [-0.4, -0.2) is 54.7 Å². The lowest BCUT2D eigenvalue weighted by molar-refractivity contribution is -0.384. The zero-order valence-electron chi connectivity index (χ0n) is 15.9. The number of carbonyl (C=O) groups is 1. The Morgan fingerprint density at radius 3 is 2.40 bits per heavy atom. The Bertz CT molecular complexity index is 1010. The topological polar surface area (TPSA) is 116 Å². The molecule has 1 fully saturated rings. The van der Waals surface area contributed by atoms with E-state index in [0.717, 1.165) is 34.1 Å². The predicted molar refractivity (Wildman–Crippen MR) is 111 cm³/mol. The molecule has 1 saturated heterocycles. The molecule has 0 bridgehead atoms. The van der Waals surface area contributed by atoms with Gasteiger partial charge >= 0.3 is 5.97 Å². The van der Waals surface area contributed by atoms with Crippen LogP contribution in [0.15, 0.2) is 59.5 Å². The molecule has 3 rings (SSSR count). The fraction of sp³-hybridized carbons (Fsp3) is 0.316. The largest absolute Gasteiger partial charge is 0.468 e. The Hall–Kier alpha value is -2.34. The number of hydrogen-bond donors (Lipinski definition) is 0. The van der Waals surface area contributed by atoms with Crippen molar-refractivity contribution in [2.45, 2.75) is 21.9 Å². The number of methoxy groups -OCH3 is 1. The van der Waals surface area contributed by atoms with E-state index in [2.05, 4.69) is 15.9 Å². The number of nitro benzene ring substituents is 1. The highest BCUT2D eigenvalue weighted by Crippen LogP contribution is 2.33. The van der Waals surface area contributed by atoms with Gasteiger partial charge < -0.3 is 9.47 Å². The maximum Gasteiger partial charge on any atom is 0.326 e. The summed E-state index contributed by atoms with van der Waals surface area (Å²) in [6.07, 6.45) is -0.490. The Balaban J connectivity index is 1.98. The van der Waals surface area contributed by atoms with Crippen LogP contribution in [0, 0.1) is 10.1 Å². The molecule has 0 unspecified atom stereocenters. The van der Waals surface area contributed by atoms with Gasteiger partial charge in [0.25, 0.3) is 5.69 Å². The Labute approximate surface area is 181 Å². The van der Waals surface area contributed by atoms with Crippen molar-refractivity contribution in [3.05, 3.63) is 70.3 Å². The van der Waals surface area contributed by atoms with Crippen molar-refractivity contribution in [3.63, 3.8) is 0 Å². The van der Waals surface area contributed by atoms with Crippen molar-refractivity contribution in [1.82, 2.24) is 4.31 Å². The van der Waals surface area contributed by atoms with E-state index in [-0.39, 0.29) is 23.7 Å². The summed E-state index contributed by atoms with van der Waals surface area (Å²) >= 11 is 3.50. The molecule has 1 aliphatic rings. The van der Waals surface area contributed by atoms with E-state index in [0.29, 0.717) is 0 Å². The maximum absolute atomic E-state index is 13.3. The van der Waals surface area contributed by atoms with Crippen LogP contribution >= 0.6 is 15.9 Å². The normalized spacial score (nSPS) is 22.8. The van der Waals surface area contributed by atoms with Crippen LogP contribution in [0.4, 0.5) is 5.69 Å². The van der Waals surface area contributed by atoms with Gasteiger partial charge in [-0.15, -0.1) is 0 Å². The number of carbonyl (C=O) groups excluding carboxylic acids is 1. The number of nitrogens with zero attached hydrogens (tertiary/aromatic N) is 2. The summed E-state index contributed by atoms with van der Waals surface area (Å²) in [6.45, 7) is -0.279. The van der Waals surface area contributed by atoms with Crippen LogP contribution in [-0.2, 0) is 24.3 Å². The minimum atomic E-state index is -4.17.